The predicted octanol–water partition coefficient (Wildman–Crippen LogP) is 3.27. The van der Waals surface area contributed by atoms with E-state index in [1.165, 1.54) is 0 Å². The van der Waals surface area contributed by atoms with Gasteiger partial charge in [0.1, 0.15) is 5.84 Å². The molecule has 0 saturated carbocycles. The van der Waals surface area contributed by atoms with Crippen molar-refractivity contribution in [2.45, 2.75) is 11.3 Å². The molecule has 0 aliphatic carbocycles. The molecule has 7 heteroatoms. The van der Waals surface area contributed by atoms with Crippen molar-refractivity contribution in [3.63, 3.8) is 0 Å². The second kappa shape index (κ2) is 5.91. The van der Waals surface area contributed by atoms with Gasteiger partial charge in [-0.1, -0.05) is 41.4 Å². The van der Waals surface area contributed by atoms with Crippen molar-refractivity contribution >= 4 is 39.1 Å². The van der Waals surface area contributed by atoms with Gasteiger partial charge in [-0.25, -0.2) is 8.42 Å². The second-order valence-corrected chi connectivity index (χ2v) is 7.31. The average Bonchev–Trinajstić information content (AvgIpc) is 2.73. The molecule has 0 spiro atoms. The van der Waals surface area contributed by atoms with Crippen LogP contribution in [0.5, 0.6) is 0 Å². The van der Waals surface area contributed by atoms with Crippen LogP contribution in [0.25, 0.3) is 0 Å². The van der Waals surface area contributed by atoms with Crippen LogP contribution < -0.4 is 4.72 Å². The number of nitrogens with zero attached hydrogens (tertiary/aromatic N) is 1. The quantitative estimate of drug-likeness (QED) is 0.919. The molecule has 3 rings (SSSR count). The molecule has 1 N–H and O–H groups in total. The summed E-state index contributed by atoms with van der Waals surface area (Å²) in [5, 5.41) is 1.16. The first-order chi connectivity index (χ1) is 10.5. The Labute approximate surface area is 138 Å². The highest BCUT2D eigenvalue weighted by atomic mass is 35.5. The molecule has 0 saturated heterocycles. The zero-order valence-corrected chi connectivity index (χ0v) is 13.7. The van der Waals surface area contributed by atoms with Crippen molar-refractivity contribution in [1.82, 2.24) is 4.72 Å². The van der Waals surface area contributed by atoms with Crippen LogP contribution in [0.15, 0.2) is 52.4 Å². The van der Waals surface area contributed by atoms with E-state index in [-0.39, 0.29) is 4.90 Å². The molecule has 22 heavy (non-hydrogen) atoms. The largest absolute Gasteiger partial charge is 0.267 e. The zero-order valence-electron chi connectivity index (χ0n) is 11.4. The third-order valence-electron chi connectivity index (χ3n) is 3.33. The highest BCUT2D eigenvalue weighted by Gasteiger charge is 2.29. The Morgan fingerprint density at radius 3 is 2.64 bits per heavy atom. The highest BCUT2D eigenvalue weighted by molar-refractivity contribution is 7.90. The van der Waals surface area contributed by atoms with E-state index in [1.54, 1.807) is 36.4 Å². The lowest BCUT2D eigenvalue weighted by Crippen LogP contribution is -2.22. The van der Waals surface area contributed by atoms with Crippen molar-refractivity contribution < 1.29 is 8.42 Å². The van der Waals surface area contributed by atoms with E-state index in [4.69, 9.17) is 23.2 Å². The molecule has 2 aromatic rings. The van der Waals surface area contributed by atoms with E-state index in [9.17, 15) is 8.42 Å². The van der Waals surface area contributed by atoms with Gasteiger partial charge in [-0.05, 0) is 36.2 Å². The van der Waals surface area contributed by atoms with Crippen LogP contribution in [0.4, 0.5) is 0 Å². The summed E-state index contributed by atoms with van der Waals surface area (Å²) in [6, 6.07) is 12.1. The SMILES string of the molecule is O=S1(=O)NC(=NCCc2ccc(Cl)cc2Cl)c2ccccc21. The first-order valence-electron chi connectivity index (χ1n) is 6.58. The fourth-order valence-corrected chi connectivity index (χ4v) is 4.02. The van der Waals surface area contributed by atoms with Gasteiger partial charge in [0.25, 0.3) is 10.0 Å². The Balaban J connectivity index is 1.80. The van der Waals surface area contributed by atoms with Gasteiger partial charge < -0.3 is 0 Å². The van der Waals surface area contributed by atoms with Crippen molar-refractivity contribution in [2.24, 2.45) is 4.99 Å². The topological polar surface area (TPSA) is 58.5 Å². The Bertz CT molecular complexity index is 864. The number of hydrogen-bond donors (Lipinski definition) is 1. The van der Waals surface area contributed by atoms with Crippen LogP contribution in [0.3, 0.4) is 0 Å². The molecule has 0 atom stereocenters. The molecule has 0 bridgehead atoms. The van der Waals surface area contributed by atoms with Crippen LogP contribution in [-0.2, 0) is 16.4 Å². The summed E-state index contributed by atoms with van der Waals surface area (Å²) in [5.41, 5.74) is 1.52. The highest BCUT2D eigenvalue weighted by Crippen LogP contribution is 2.23. The molecular formula is C15H12Cl2N2O2S. The van der Waals surface area contributed by atoms with Gasteiger partial charge in [0.05, 0.1) is 4.90 Å². The maximum Gasteiger partial charge on any atom is 0.263 e. The Morgan fingerprint density at radius 2 is 1.86 bits per heavy atom. The maximum absolute atomic E-state index is 12.0. The van der Waals surface area contributed by atoms with E-state index >= 15 is 0 Å². The summed E-state index contributed by atoms with van der Waals surface area (Å²) in [5.74, 6) is 0.376. The van der Waals surface area contributed by atoms with Crippen molar-refractivity contribution in [3.05, 3.63) is 63.6 Å². The van der Waals surface area contributed by atoms with Crippen molar-refractivity contribution in [3.8, 4) is 0 Å². The molecular weight excluding hydrogens is 343 g/mol. The molecule has 1 aliphatic rings. The molecule has 0 fully saturated rings. The number of rotatable bonds is 3. The number of halogens is 2. The van der Waals surface area contributed by atoms with Gasteiger partial charge in [0.15, 0.2) is 0 Å². The smallest absolute Gasteiger partial charge is 0.263 e. The minimum atomic E-state index is -3.49. The number of aliphatic imine (C=N–C) groups is 1. The fourth-order valence-electron chi connectivity index (χ4n) is 2.26. The summed E-state index contributed by atoms with van der Waals surface area (Å²) >= 11 is 12.0. The first-order valence-corrected chi connectivity index (χ1v) is 8.82. The molecule has 0 unspecified atom stereocenters. The van der Waals surface area contributed by atoms with Crippen LogP contribution in [-0.4, -0.2) is 20.8 Å². The van der Waals surface area contributed by atoms with Gasteiger partial charge in [-0.3, -0.25) is 9.71 Å². The molecule has 0 aromatic heterocycles. The van der Waals surface area contributed by atoms with E-state index in [0.29, 0.717) is 34.4 Å². The summed E-state index contributed by atoms with van der Waals surface area (Å²) in [4.78, 5) is 4.62. The molecule has 1 heterocycles. The Kier molecular flexibility index (Phi) is 4.12. The van der Waals surface area contributed by atoms with Gasteiger partial charge in [-0.15, -0.1) is 0 Å². The Hall–Kier alpha value is -1.56. The minimum Gasteiger partial charge on any atom is -0.267 e. The minimum absolute atomic E-state index is 0.262. The summed E-state index contributed by atoms with van der Waals surface area (Å²) in [7, 11) is -3.49. The fraction of sp³-hybridized carbons (Fsp3) is 0.133. The molecule has 4 nitrogen and oxygen atoms in total. The third kappa shape index (κ3) is 2.97. The van der Waals surface area contributed by atoms with Crippen LogP contribution in [0, 0.1) is 0 Å². The summed E-state index contributed by atoms with van der Waals surface area (Å²) in [6.45, 7) is 0.424. The second-order valence-electron chi connectivity index (χ2n) is 4.82. The van der Waals surface area contributed by atoms with Crippen molar-refractivity contribution in [2.75, 3.05) is 6.54 Å². The number of hydrogen-bond acceptors (Lipinski definition) is 3. The number of benzene rings is 2. The molecule has 2 aromatic carbocycles. The number of sulfonamides is 1. The number of amidine groups is 1. The summed E-state index contributed by atoms with van der Waals surface area (Å²) in [6.07, 6.45) is 0.601. The maximum atomic E-state index is 12.0. The standard InChI is InChI=1S/C15H12Cl2N2O2S/c16-11-6-5-10(13(17)9-11)7-8-18-15-12-3-1-2-4-14(12)22(20,21)19-15/h1-6,9H,7-8H2,(H,18,19). The molecule has 114 valence electrons. The third-order valence-corrected chi connectivity index (χ3v) is 5.31. The molecule has 1 aliphatic heterocycles. The van der Waals surface area contributed by atoms with E-state index in [0.717, 1.165) is 5.56 Å². The lowest BCUT2D eigenvalue weighted by molar-refractivity contribution is 0.595. The Morgan fingerprint density at radius 1 is 1.09 bits per heavy atom. The normalized spacial score (nSPS) is 17.3. The number of nitrogens with one attached hydrogen (secondary N) is 1. The lowest BCUT2D eigenvalue weighted by atomic mass is 10.1. The zero-order chi connectivity index (χ0) is 15.7. The molecule has 0 radical (unpaired) electrons. The lowest BCUT2D eigenvalue weighted by Gasteiger charge is -2.03. The van der Waals surface area contributed by atoms with Gasteiger partial charge in [0.2, 0.25) is 0 Å². The number of fused-ring (bicyclic) bond motifs is 1. The average molecular weight is 355 g/mol. The van der Waals surface area contributed by atoms with Crippen LogP contribution in [0.1, 0.15) is 11.1 Å². The first kappa shape index (κ1) is 15.3. The van der Waals surface area contributed by atoms with Gasteiger partial charge in [0, 0.05) is 22.2 Å². The van der Waals surface area contributed by atoms with Crippen molar-refractivity contribution in [1.29, 1.82) is 0 Å². The van der Waals surface area contributed by atoms with E-state index in [1.807, 2.05) is 6.07 Å². The van der Waals surface area contributed by atoms with Gasteiger partial charge >= 0.3 is 0 Å². The van der Waals surface area contributed by atoms with Gasteiger partial charge in [-0.2, -0.15) is 0 Å². The van der Waals surface area contributed by atoms with E-state index in [2.05, 4.69) is 9.71 Å². The van der Waals surface area contributed by atoms with Crippen LogP contribution in [0.2, 0.25) is 10.0 Å². The monoisotopic (exact) mass is 354 g/mol. The summed E-state index contributed by atoms with van der Waals surface area (Å²) < 4.78 is 26.4. The predicted molar refractivity (Wildman–Crippen MR) is 88.3 cm³/mol. The molecule has 0 amide bonds. The van der Waals surface area contributed by atoms with Crippen LogP contribution >= 0.6 is 23.2 Å². The van der Waals surface area contributed by atoms with E-state index < -0.39 is 10.0 Å².